The van der Waals surface area contributed by atoms with Crippen LogP contribution < -0.4 is 0 Å². The number of rotatable bonds is 6. The van der Waals surface area contributed by atoms with Crippen molar-refractivity contribution < 1.29 is 4.42 Å². The number of oxazole rings is 1. The van der Waals surface area contributed by atoms with E-state index in [9.17, 15) is 0 Å². The van der Waals surface area contributed by atoms with Crippen molar-refractivity contribution in [3.8, 4) is 67.3 Å². The Balaban J connectivity index is 1.19. The number of hydrogen-bond acceptors (Lipinski definition) is 3. The van der Waals surface area contributed by atoms with Gasteiger partial charge in [-0.3, -0.25) is 0 Å². The number of fused-ring (bicyclic) bond motifs is 4. The number of aromatic nitrogens is 2. The predicted molar refractivity (Wildman–Crippen MR) is 219 cm³/mol. The largest absolute Gasteiger partial charge is 0.435 e. The molecule has 248 valence electrons. The van der Waals surface area contributed by atoms with Crippen LogP contribution in [0.15, 0.2) is 199 Å². The fourth-order valence-corrected chi connectivity index (χ4v) is 7.55. The third kappa shape index (κ3) is 5.56. The Bertz CT molecular complexity index is 2870. The van der Waals surface area contributed by atoms with Crippen LogP contribution in [-0.2, 0) is 0 Å². The quantitative estimate of drug-likeness (QED) is 0.176. The van der Waals surface area contributed by atoms with E-state index >= 15 is 0 Å². The van der Waals surface area contributed by atoms with Crippen LogP contribution in [0.1, 0.15) is 0 Å². The molecule has 2 heterocycles. The Morgan fingerprint density at radius 1 is 0.340 bits per heavy atom. The molecule has 0 bridgehead atoms. The first-order chi connectivity index (χ1) is 26.3. The van der Waals surface area contributed by atoms with E-state index in [2.05, 4.69) is 158 Å². The van der Waals surface area contributed by atoms with Gasteiger partial charge in [-0.2, -0.15) is 0 Å². The molecule has 10 aromatic rings. The monoisotopic (exact) mass is 676 g/mol. The standard InChI is InChI=1S/C50H32N2O/c1-4-15-33(16-5-1)39-30-45(35-18-6-2-7-19-35)51-46(31-39)38-23-14-22-37(29-38)41-28-27-34-17-10-11-24-40(34)48(41)44-32-47-49(43-26-13-12-25-42(43)44)53-50(52-47)36-20-8-3-9-21-36/h1-32H. The predicted octanol–water partition coefficient (Wildman–Crippen LogP) is 13.5. The van der Waals surface area contributed by atoms with Crippen molar-refractivity contribution >= 4 is 32.6 Å². The lowest BCUT2D eigenvalue weighted by Gasteiger charge is -2.17. The number of nitrogens with zero attached hydrogens (tertiary/aromatic N) is 2. The summed E-state index contributed by atoms with van der Waals surface area (Å²) in [5, 5.41) is 4.52. The maximum atomic E-state index is 6.49. The molecule has 2 aromatic heterocycles. The third-order valence-corrected chi connectivity index (χ3v) is 10.1. The highest BCUT2D eigenvalue weighted by Gasteiger charge is 2.20. The van der Waals surface area contributed by atoms with Crippen molar-refractivity contribution in [3.63, 3.8) is 0 Å². The molecule has 0 aliphatic heterocycles. The SMILES string of the molecule is c1ccc(-c2cc(-c3ccccc3)nc(-c3cccc(-c4ccc5ccccc5c4-c4cc5nc(-c6ccccc6)oc5c5ccccc45)c3)c2)cc1. The molecule has 0 fully saturated rings. The summed E-state index contributed by atoms with van der Waals surface area (Å²) in [6.07, 6.45) is 0. The molecule has 0 amide bonds. The van der Waals surface area contributed by atoms with Gasteiger partial charge in [-0.25, -0.2) is 9.97 Å². The molecule has 0 saturated carbocycles. The Morgan fingerprint density at radius 2 is 0.925 bits per heavy atom. The molecule has 0 aliphatic rings. The van der Waals surface area contributed by atoms with Crippen molar-refractivity contribution in [2.45, 2.75) is 0 Å². The van der Waals surface area contributed by atoms with Crippen LogP contribution in [0, 0.1) is 0 Å². The highest BCUT2D eigenvalue weighted by Crippen LogP contribution is 2.44. The van der Waals surface area contributed by atoms with Crippen LogP contribution in [0.2, 0.25) is 0 Å². The molecular weight excluding hydrogens is 645 g/mol. The highest BCUT2D eigenvalue weighted by molar-refractivity contribution is 6.16. The Kier molecular flexibility index (Phi) is 7.47. The lowest BCUT2D eigenvalue weighted by molar-refractivity contribution is 0.623. The number of pyridine rings is 1. The minimum absolute atomic E-state index is 0.619. The summed E-state index contributed by atoms with van der Waals surface area (Å²) in [6.45, 7) is 0. The van der Waals surface area contributed by atoms with Crippen molar-refractivity contribution in [3.05, 3.63) is 194 Å². The zero-order chi connectivity index (χ0) is 35.1. The maximum absolute atomic E-state index is 6.49. The summed E-state index contributed by atoms with van der Waals surface area (Å²) in [5.74, 6) is 0.619. The Labute approximate surface area is 307 Å². The fraction of sp³-hybridized carbons (Fsp3) is 0. The maximum Gasteiger partial charge on any atom is 0.227 e. The average molecular weight is 677 g/mol. The number of benzene rings is 8. The fourth-order valence-electron chi connectivity index (χ4n) is 7.55. The molecule has 3 nitrogen and oxygen atoms in total. The van der Waals surface area contributed by atoms with Gasteiger partial charge in [0.1, 0.15) is 5.52 Å². The second-order valence-corrected chi connectivity index (χ2v) is 13.4. The molecule has 0 N–H and O–H groups in total. The second-order valence-electron chi connectivity index (χ2n) is 13.4. The van der Waals surface area contributed by atoms with Crippen LogP contribution in [0.4, 0.5) is 0 Å². The van der Waals surface area contributed by atoms with Crippen molar-refractivity contribution in [2.24, 2.45) is 0 Å². The number of hydrogen-bond donors (Lipinski definition) is 0. The van der Waals surface area contributed by atoms with E-state index in [1.165, 1.54) is 16.3 Å². The highest BCUT2D eigenvalue weighted by atomic mass is 16.3. The van der Waals surface area contributed by atoms with Crippen molar-refractivity contribution in [2.75, 3.05) is 0 Å². The minimum Gasteiger partial charge on any atom is -0.435 e. The molecule has 8 aromatic carbocycles. The summed E-state index contributed by atoms with van der Waals surface area (Å²) >= 11 is 0. The van der Waals surface area contributed by atoms with Gasteiger partial charge in [0.05, 0.1) is 11.4 Å². The smallest absolute Gasteiger partial charge is 0.227 e. The van der Waals surface area contributed by atoms with Crippen LogP contribution in [0.25, 0.3) is 100.0 Å². The van der Waals surface area contributed by atoms with E-state index in [-0.39, 0.29) is 0 Å². The summed E-state index contributed by atoms with van der Waals surface area (Å²) in [4.78, 5) is 10.3. The van der Waals surface area contributed by atoms with Crippen molar-refractivity contribution in [1.82, 2.24) is 9.97 Å². The lowest BCUT2D eigenvalue weighted by atomic mass is 9.86. The van der Waals surface area contributed by atoms with Gasteiger partial charge in [-0.15, -0.1) is 0 Å². The molecule has 3 heteroatoms. The van der Waals surface area contributed by atoms with E-state index in [4.69, 9.17) is 14.4 Å². The first-order valence-corrected chi connectivity index (χ1v) is 17.9. The molecule has 0 saturated heterocycles. The topological polar surface area (TPSA) is 38.9 Å². The zero-order valence-corrected chi connectivity index (χ0v) is 28.8. The zero-order valence-electron chi connectivity index (χ0n) is 28.8. The van der Waals surface area contributed by atoms with Gasteiger partial charge in [0.25, 0.3) is 0 Å². The lowest BCUT2D eigenvalue weighted by Crippen LogP contribution is -1.93. The molecule has 0 spiro atoms. The average Bonchev–Trinajstić information content (AvgIpc) is 3.69. The molecule has 0 unspecified atom stereocenters. The second kappa shape index (κ2) is 12.9. The molecule has 53 heavy (non-hydrogen) atoms. The normalized spacial score (nSPS) is 11.4. The van der Waals surface area contributed by atoms with Gasteiger partial charge in [0, 0.05) is 22.1 Å². The van der Waals surface area contributed by atoms with E-state index in [1.807, 2.05) is 36.4 Å². The minimum atomic E-state index is 0.619. The molecular formula is C50H32N2O. The van der Waals surface area contributed by atoms with Gasteiger partial charge >= 0.3 is 0 Å². The van der Waals surface area contributed by atoms with Crippen LogP contribution in [0.3, 0.4) is 0 Å². The molecule has 0 aliphatic carbocycles. The van der Waals surface area contributed by atoms with Crippen molar-refractivity contribution in [1.29, 1.82) is 0 Å². The first kappa shape index (κ1) is 30.7. The summed E-state index contributed by atoms with van der Waals surface area (Å²) in [5.41, 5.74) is 13.4. The summed E-state index contributed by atoms with van der Waals surface area (Å²) in [7, 11) is 0. The Morgan fingerprint density at radius 3 is 1.68 bits per heavy atom. The van der Waals surface area contributed by atoms with Gasteiger partial charge in [-0.05, 0) is 85.9 Å². The van der Waals surface area contributed by atoms with Crippen LogP contribution in [0.5, 0.6) is 0 Å². The van der Waals surface area contributed by atoms with Gasteiger partial charge in [-0.1, -0.05) is 158 Å². The molecule has 0 radical (unpaired) electrons. The van der Waals surface area contributed by atoms with Gasteiger partial charge in [0.2, 0.25) is 5.89 Å². The van der Waals surface area contributed by atoms with E-state index in [0.717, 1.165) is 77.8 Å². The molecule has 0 atom stereocenters. The summed E-state index contributed by atoms with van der Waals surface area (Å²) < 4.78 is 6.49. The van der Waals surface area contributed by atoms with Gasteiger partial charge < -0.3 is 4.42 Å². The van der Waals surface area contributed by atoms with E-state index in [0.29, 0.717) is 5.89 Å². The van der Waals surface area contributed by atoms with E-state index in [1.54, 1.807) is 0 Å². The Hall–Kier alpha value is -7.10. The van der Waals surface area contributed by atoms with Crippen LogP contribution in [-0.4, -0.2) is 9.97 Å². The van der Waals surface area contributed by atoms with E-state index < -0.39 is 0 Å². The summed E-state index contributed by atoms with van der Waals surface area (Å²) in [6, 6.07) is 68.1. The molecule has 10 rings (SSSR count). The third-order valence-electron chi connectivity index (χ3n) is 10.1. The first-order valence-electron chi connectivity index (χ1n) is 17.9. The van der Waals surface area contributed by atoms with Gasteiger partial charge in [0.15, 0.2) is 5.58 Å². The van der Waals surface area contributed by atoms with Crippen LogP contribution >= 0.6 is 0 Å².